The fraction of sp³-hybridized carbons (Fsp3) is 0.375. The molecule has 4 heteroatoms. The fourth-order valence-corrected chi connectivity index (χ4v) is 2.33. The molecule has 0 radical (unpaired) electrons. The molecule has 0 aliphatic carbocycles. The van der Waals surface area contributed by atoms with E-state index >= 15 is 0 Å². The number of carbonyl (C=O) groups excluding carboxylic acids is 2. The number of hydrogen-bond donors (Lipinski definition) is 1. The quantitative estimate of drug-likeness (QED) is 0.622. The van der Waals surface area contributed by atoms with Gasteiger partial charge in [-0.05, 0) is 30.7 Å². The van der Waals surface area contributed by atoms with E-state index in [2.05, 4.69) is 11.8 Å². The predicted octanol–water partition coefficient (Wildman–Crippen LogP) is 1.59. The SMILES string of the molecule is Cc1cc(C#CCN)cc(N2C(=O)CC(C)(C)C2=O)c1. The Labute approximate surface area is 118 Å². The Bertz CT molecular complexity index is 636. The number of amides is 2. The van der Waals surface area contributed by atoms with E-state index in [9.17, 15) is 9.59 Å². The van der Waals surface area contributed by atoms with Crippen molar-refractivity contribution in [3.63, 3.8) is 0 Å². The van der Waals surface area contributed by atoms with Crippen molar-refractivity contribution in [2.45, 2.75) is 27.2 Å². The zero-order valence-electron chi connectivity index (χ0n) is 12.0. The van der Waals surface area contributed by atoms with Crippen LogP contribution in [0, 0.1) is 24.2 Å². The van der Waals surface area contributed by atoms with Crippen molar-refractivity contribution in [2.24, 2.45) is 11.1 Å². The van der Waals surface area contributed by atoms with Crippen LogP contribution in [0.4, 0.5) is 5.69 Å². The summed E-state index contributed by atoms with van der Waals surface area (Å²) < 4.78 is 0. The Balaban J connectivity index is 2.45. The van der Waals surface area contributed by atoms with Gasteiger partial charge in [-0.15, -0.1) is 0 Å². The lowest BCUT2D eigenvalue weighted by molar-refractivity contribution is -0.124. The number of anilines is 1. The zero-order chi connectivity index (χ0) is 14.9. The number of aryl methyl sites for hydroxylation is 1. The van der Waals surface area contributed by atoms with Crippen LogP contribution in [0.1, 0.15) is 31.4 Å². The van der Waals surface area contributed by atoms with Gasteiger partial charge in [-0.3, -0.25) is 14.5 Å². The van der Waals surface area contributed by atoms with Crippen LogP contribution in [0.3, 0.4) is 0 Å². The summed E-state index contributed by atoms with van der Waals surface area (Å²) in [6, 6.07) is 5.49. The first-order valence-electron chi connectivity index (χ1n) is 6.53. The second-order valence-corrected chi connectivity index (χ2v) is 5.66. The lowest BCUT2D eigenvalue weighted by atomic mass is 9.92. The molecular formula is C16H18N2O2. The average molecular weight is 270 g/mol. The standard InChI is InChI=1S/C16H18N2O2/c1-11-7-12(5-4-6-17)9-13(8-11)18-14(19)10-16(2,3)15(18)20/h7-9H,6,10,17H2,1-3H3. The molecule has 0 saturated carbocycles. The second kappa shape index (κ2) is 5.10. The Kier molecular flexibility index (Phi) is 3.65. The first-order valence-corrected chi connectivity index (χ1v) is 6.53. The molecule has 2 N–H and O–H groups in total. The summed E-state index contributed by atoms with van der Waals surface area (Å²) >= 11 is 0. The van der Waals surface area contributed by atoms with Gasteiger partial charge < -0.3 is 5.73 Å². The van der Waals surface area contributed by atoms with Gasteiger partial charge in [-0.1, -0.05) is 25.7 Å². The van der Waals surface area contributed by atoms with E-state index in [0.717, 1.165) is 11.1 Å². The van der Waals surface area contributed by atoms with Crippen LogP contribution in [-0.4, -0.2) is 18.4 Å². The van der Waals surface area contributed by atoms with Crippen LogP contribution in [0.5, 0.6) is 0 Å². The second-order valence-electron chi connectivity index (χ2n) is 5.66. The molecule has 104 valence electrons. The highest BCUT2D eigenvalue weighted by Crippen LogP contribution is 2.35. The smallest absolute Gasteiger partial charge is 0.239 e. The maximum atomic E-state index is 12.3. The van der Waals surface area contributed by atoms with Gasteiger partial charge in [0.2, 0.25) is 11.8 Å². The Morgan fingerprint density at radius 2 is 2.00 bits per heavy atom. The number of nitrogens with zero attached hydrogens (tertiary/aromatic N) is 1. The molecule has 1 aromatic rings. The van der Waals surface area contributed by atoms with Gasteiger partial charge in [-0.2, -0.15) is 0 Å². The van der Waals surface area contributed by atoms with Gasteiger partial charge in [0.25, 0.3) is 0 Å². The van der Waals surface area contributed by atoms with Crippen LogP contribution < -0.4 is 10.6 Å². The van der Waals surface area contributed by atoms with E-state index in [1.165, 1.54) is 4.90 Å². The van der Waals surface area contributed by atoms with Crippen molar-refractivity contribution >= 4 is 17.5 Å². The summed E-state index contributed by atoms with van der Waals surface area (Å²) in [6.07, 6.45) is 0.240. The molecule has 4 nitrogen and oxygen atoms in total. The van der Waals surface area contributed by atoms with Crippen LogP contribution in [-0.2, 0) is 9.59 Å². The number of rotatable bonds is 1. The summed E-state index contributed by atoms with van der Waals surface area (Å²) in [4.78, 5) is 25.7. The zero-order valence-corrected chi connectivity index (χ0v) is 12.0. The Hall–Kier alpha value is -2.12. The average Bonchev–Trinajstić information content (AvgIpc) is 2.55. The molecule has 0 bridgehead atoms. The number of carbonyl (C=O) groups is 2. The number of imide groups is 1. The van der Waals surface area contributed by atoms with Crippen LogP contribution >= 0.6 is 0 Å². The van der Waals surface area contributed by atoms with Crippen molar-refractivity contribution in [1.29, 1.82) is 0 Å². The van der Waals surface area contributed by atoms with Crippen molar-refractivity contribution < 1.29 is 9.59 Å². The van der Waals surface area contributed by atoms with Crippen LogP contribution in [0.15, 0.2) is 18.2 Å². The molecule has 1 saturated heterocycles. The molecular weight excluding hydrogens is 252 g/mol. The van der Waals surface area contributed by atoms with Gasteiger partial charge in [0, 0.05) is 12.0 Å². The molecule has 1 aromatic carbocycles. The minimum absolute atomic E-state index is 0.161. The van der Waals surface area contributed by atoms with Crippen LogP contribution in [0.2, 0.25) is 0 Å². The van der Waals surface area contributed by atoms with Gasteiger partial charge >= 0.3 is 0 Å². The largest absolute Gasteiger partial charge is 0.320 e. The van der Waals surface area contributed by atoms with E-state index in [4.69, 9.17) is 5.73 Å². The molecule has 0 spiro atoms. The van der Waals surface area contributed by atoms with E-state index in [1.54, 1.807) is 19.9 Å². The highest BCUT2D eigenvalue weighted by molar-refractivity contribution is 6.22. The first kappa shape index (κ1) is 14.3. The van der Waals surface area contributed by atoms with E-state index < -0.39 is 5.41 Å². The van der Waals surface area contributed by atoms with Crippen LogP contribution in [0.25, 0.3) is 0 Å². The molecule has 0 aromatic heterocycles. The monoisotopic (exact) mass is 270 g/mol. The number of hydrogen-bond acceptors (Lipinski definition) is 3. The lowest BCUT2D eigenvalue weighted by Crippen LogP contribution is -2.33. The third-order valence-corrected chi connectivity index (χ3v) is 3.28. The van der Waals surface area contributed by atoms with Gasteiger partial charge in [0.1, 0.15) is 0 Å². The maximum Gasteiger partial charge on any atom is 0.239 e. The van der Waals surface area contributed by atoms with Crippen molar-refractivity contribution in [3.05, 3.63) is 29.3 Å². The molecule has 2 rings (SSSR count). The number of nitrogens with two attached hydrogens (primary N) is 1. The topological polar surface area (TPSA) is 63.4 Å². The fourth-order valence-electron chi connectivity index (χ4n) is 2.33. The summed E-state index contributed by atoms with van der Waals surface area (Å²) in [6.45, 7) is 5.77. The molecule has 1 heterocycles. The Morgan fingerprint density at radius 1 is 1.30 bits per heavy atom. The maximum absolute atomic E-state index is 12.3. The van der Waals surface area contributed by atoms with E-state index in [0.29, 0.717) is 5.69 Å². The first-order chi connectivity index (χ1) is 9.35. The van der Waals surface area contributed by atoms with E-state index in [-0.39, 0.29) is 24.8 Å². The minimum Gasteiger partial charge on any atom is -0.320 e. The molecule has 1 fully saturated rings. The molecule has 0 atom stereocenters. The summed E-state index contributed by atoms with van der Waals surface area (Å²) in [5, 5.41) is 0. The summed E-state index contributed by atoms with van der Waals surface area (Å²) in [7, 11) is 0. The third-order valence-electron chi connectivity index (χ3n) is 3.28. The minimum atomic E-state index is -0.635. The van der Waals surface area contributed by atoms with Gasteiger partial charge in [0.15, 0.2) is 0 Å². The molecule has 1 aliphatic rings. The number of benzene rings is 1. The normalized spacial score (nSPS) is 17.1. The summed E-state index contributed by atoms with van der Waals surface area (Å²) in [5.74, 6) is 5.39. The highest BCUT2D eigenvalue weighted by atomic mass is 16.2. The molecule has 20 heavy (non-hydrogen) atoms. The molecule has 0 unspecified atom stereocenters. The third kappa shape index (κ3) is 2.59. The van der Waals surface area contributed by atoms with Crippen molar-refractivity contribution in [3.8, 4) is 11.8 Å². The summed E-state index contributed by atoms with van der Waals surface area (Å²) in [5.41, 5.74) is 7.03. The Morgan fingerprint density at radius 3 is 2.55 bits per heavy atom. The molecule has 1 aliphatic heterocycles. The molecule has 2 amide bonds. The van der Waals surface area contributed by atoms with E-state index in [1.807, 2.05) is 19.1 Å². The highest BCUT2D eigenvalue weighted by Gasteiger charge is 2.45. The van der Waals surface area contributed by atoms with Crippen molar-refractivity contribution in [2.75, 3.05) is 11.4 Å². The predicted molar refractivity (Wildman–Crippen MR) is 78.0 cm³/mol. The van der Waals surface area contributed by atoms with Gasteiger partial charge in [-0.25, -0.2) is 0 Å². The van der Waals surface area contributed by atoms with Crippen molar-refractivity contribution in [1.82, 2.24) is 0 Å². The lowest BCUT2D eigenvalue weighted by Gasteiger charge is -2.18. The van der Waals surface area contributed by atoms with Gasteiger partial charge in [0.05, 0.1) is 17.6 Å².